The number of hydrogen-bond acceptors (Lipinski definition) is 2. The lowest BCUT2D eigenvalue weighted by Crippen LogP contribution is -2.35. The maximum absolute atomic E-state index is 11.8. The van der Waals surface area contributed by atoms with Crippen molar-refractivity contribution in [3.8, 4) is 0 Å². The molecule has 0 aromatic carbocycles. The van der Waals surface area contributed by atoms with Gasteiger partial charge in [0.05, 0.1) is 6.42 Å². The Morgan fingerprint density at radius 1 is 1.18 bits per heavy atom. The maximum Gasteiger partial charge on any atom is 0.303 e. The fourth-order valence-corrected chi connectivity index (χ4v) is 2.71. The van der Waals surface area contributed by atoms with E-state index in [9.17, 15) is 9.59 Å². The van der Waals surface area contributed by atoms with Gasteiger partial charge in [0.25, 0.3) is 0 Å². The molecule has 98 valence electrons. The Labute approximate surface area is 103 Å². The van der Waals surface area contributed by atoms with E-state index in [4.69, 9.17) is 5.11 Å². The number of aliphatic carboxylic acids is 1. The molecule has 1 aliphatic carbocycles. The van der Waals surface area contributed by atoms with Crippen molar-refractivity contribution >= 4 is 11.9 Å². The number of rotatable bonds is 6. The van der Waals surface area contributed by atoms with Gasteiger partial charge in [0.15, 0.2) is 0 Å². The topological polar surface area (TPSA) is 66.4 Å². The number of carbonyl (C=O) groups excluding carboxylic acids is 1. The molecule has 0 bridgehead atoms. The van der Waals surface area contributed by atoms with E-state index in [0.717, 1.165) is 38.5 Å². The van der Waals surface area contributed by atoms with Crippen LogP contribution >= 0.6 is 0 Å². The molecule has 2 N–H and O–H groups in total. The molecule has 1 fully saturated rings. The number of nitrogens with one attached hydrogen (secondary N) is 1. The van der Waals surface area contributed by atoms with Crippen molar-refractivity contribution in [2.75, 3.05) is 6.54 Å². The van der Waals surface area contributed by atoms with Gasteiger partial charge in [0.1, 0.15) is 0 Å². The van der Waals surface area contributed by atoms with Gasteiger partial charge < -0.3 is 10.4 Å². The van der Waals surface area contributed by atoms with Gasteiger partial charge in [-0.05, 0) is 24.7 Å². The van der Waals surface area contributed by atoms with E-state index in [1.165, 1.54) is 0 Å². The Balaban J connectivity index is 2.56. The molecule has 4 heteroatoms. The molecule has 1 saturated carbocycles. The summed E-state index contributed by atoms with van der Waals surface area (Å²) >= 11 is 0. The zero-order chi connectivity index (χ0) is 12.7. The molecule has 1 aliphatic rings. The lowest BCUT2D eigenvalue weighted by atomic mass is 9.69. The molecule has 0 saturated heterocycles. The van der Waals surface area contributed by atoms with Crippen molar-refractivity contribution < 1.29 is 14.7 Å². The predicted octanol–water partition coefficient (Wildman–Crippen LogP) is 2.33. The SMILES string of the molecule is CCCNC(=O)CC1(CC(=O)O)CCCCC1. The molecule has 17 heavy (non-hydrogen) atoms. The smallest absolute Gasteiger partial charge is 0.303 e. The van der Waals surface area contributed by atoms with Crippen molar-refractivity contribution in [2.24, 2.45) is 5.41 Å². The van der Waals surface area contributed by atoms with Gasteiger partial charge >= 0.3 is 5.97 Å². The van der Waals surface area contributed by atoms with Crippen molar-refractivity contribution in [2.45, 2.75) is 58.3 Å². The van der Waals surface area contributed by atoms with Crippen LogP contribution in [-0.4, -0.2) is 23.5 Å². The average Bonchev–Trinajstić information content (AvgIpc) is 2.26. The summed E-state index contributed by atoms with van der Waals surface area (Å²) in [7, 11) is 0. The van der Waals surface area contributed by atoms with Gasteiger partial charge in [-0.25, -0.2) is 0 Å². The van der Waals surface area contributed by atoms with E-state index in [2.05, 4.69) is 5.32 Å². The molecule has 4 nitrogen and oxygen atoms in total. The van der Waals surface area contributed by atoms with Crippen LogP contribution in [0.1, 0.15) is 58.3 Å². The second-order valence-corrected chi connectivity index (χ2v) is 5.16. The minimum atomic E-state index is -0.782. The van der Waals surface area contributed by atoms with Crippen LogP contribution in [0, 0.1) is 5.41 Å². The van der Waals surface area contributed by atoms with E-state index in [0.29, 0.717) is 13.0 Å². The second kappa shape index (κ2) is 6.62. The summed E-state index contributed by atoms with van der Waals surface area (Å²) < 4.78 is 0. The van der Waals surface area contributed by atoms with Crippen LogP contribution in [-0.2, 0) is 9.59 Å². The van der Waals surface area contributed by atoms with Gasteiger partial charge in [-0.2, -0.15) is 0 Å². The van der Waals surface area contributed by atoms with Gasteiger partial charge in [-0.3, -0.25) is 9.59 Å². The molecule has 0 heterocycles. The Morgan fingerprint density at radius 3 is 2.35 bits per heavy atom. The third-order valence-electron chi connectivity index (χ3n) is 3.55. The highest BCUT2D eigenvalue weighted by Crippen LogP contribution is 2.42. The molecule has 1 amide bonds. The standard InChI is InChI=1S/C13H23NO3/c1-2-8-14-11(15)9-13(10-12(16)17)6-4-3-5-7-13/h2-10H2,1H3,(H,14,15)(H,16,17). The van der Waals surface area contributed by atoms with Crippen LogP contribution in [0.2, 0.25) is 0 Å². The van der Waals surface area contributed by atoms with Crippen LogP contribution in [0.3, 0.4) is 0 Å². The normalized spacial score (nSPS) is 18.6. The first kappa shape index (κ1) is 14.0. The summed E-state index contributed by atoms with van der Waals surface area (Å²) in [6.45, 7) is 2.69. The first-order chi connectivity index (χ1) is 8.08. The second-order valence-electron chi connectivity index (χ2n) is 5.16. The van der Waals surface area contributed by atoms with Crippen molar-refractivity contribution in [3.63, 3.8) is 0 Å². The fourth-order valence-electron chi connectivity index (χ4n) is 2.71. The highest BCUT2D eigenvalue weighted by atomic mass is 16.4. The first-order valence-electron chi connectivity index (χ1n) is 6.56. The number of hydrogen-bond donors (Lipinski definition) is 2. The van der Waals surface area contributed by atoms with E-state index >= 15 is 0 Å². The zero-order valence-corrected chi connectivity index (χ0v) is 10.6. The summed E-state index contributed by atoms with van der Waals surface area (Å²) in [4.78, 5) is 22.7. The Hall–Kier alpha value is -1.06. The lowest BCUT2D eigenvalue weighted by molar-refractivity contribution is -0.141. The van der Waals surface area contributed by atoms with Gasteiger partial charge in [-0.1, -0.05) is 26.2 Å². The average molecular weight is 241 g/mol. The molecule has 0 aliphatic heterocycles. The lowest BCUT2D eigenvalue weighted by Gasteiger charge is -2.35. The van der Waals surface area contributed by atoms with Gasteiger partial charge in [0.2, 0.25) is 5.91 Å². The van der Waals surface area contributed by atoms with Gasteiger partial charge in [-0.15, -0.1) is 0 Å². The number of carboxylic acid groups (broad SMARTS) is 1. The minimum absolute atomic E-state index is 0.00926. The minimum Gasteiger partial charge on any atom is -0.481 e. The summed E-state index contributed by atoms with van der Waals surface area (Å²) in [6, 6.07) is 0. The Bertz CT molecular complexity index is 270. The predicted molar refractivity (Wildman–Crippen MR) is 65.7 cm³/mol. The Kier molecular flexibility index (Phi) is 5.45. The molecule has 0 aromatic heterocycles. The van der Waals surface area contributed by atoms with E-state index in [1.807, 2.05) is 6.92 Å². The maximum atomic E-state index is 11.8. The molecule has 1 rings (SSSR count). The zero-order valence-electron chi connectivity index (χ0n) is 10.6. The first-order valence-corrected chi connectivity index (χ1v) is 6.56. The number of carboxylic acids is 1. The highest BCUT2D eigenvalue weighted by molar-refractivity contribution is 5.78. The van der Waals surface area contributed by atoms with E-state index < -0.39 is 5.97 Å². The molecular formula is C13H23NO3. The summed E-state index contributed by atoms with van der Waals surface area (Å²) in [5.41, 5.74) is -0.290. The summed E-state index contributed by atoms with van der Waals surface area (Å²) in [6.07, 6.45) is 6.43. The van der Waals surface area contributed by atoms with Crippen molar-refractivity contribution in [1.82, 2.24) is 5.32 Å². The summed E-state index contributed by atoms with van der Waals surface area (Å²) in [5.74, 6) is -0.773. The Morgan fingerprint density at radius 2 is 1.82 bits per heavy atom. The monoisotopic (exact) mass is 241 g/mol. The van der Waals surface area contributed by atoms with E-state index in [1.54, 1.807) is 0 Å². The molecule has 0 atom stereocenters. The molecule has 0 spiro atoms. The number of carbonyl (C=O) groups is 2. The van der Waals surface area contributed by atoms with Crippen LogP contribution in [0.5, 0.6) is 0 Å². The van der Waals surface area contributed by atoms with Crippen LogP contribution in [0.15, 0.2) is 0 Å². The van der Waals surface area contributed by atoms with Gasteiger partial charge in [0, 0.05) is 13.0 Å². The molecule has 0 radical (unpaired) electrons. The van der Waals surface area contributed by atoms with Crippen LogP contribution in [0.25, 0.3) is 0 Å². The third-order valence-corrected chi connectivity index (χ3v) is 3.55. The third kappa shape index (κ3) is 4.75. The summed E-state index contributed by atoms with van der Waals surface area (Å²) in [5, 5.41) is 11.8. The fraction of sp³-hybridized carbons (Fsp3) is 0.846. The highest BCUT2D eigenvalue weighted by Gasteiger charge is 2.36. The van der Waals surface area contributed by atoms with E-state index in [-0.39, 0.29) is 17.7 Å². The molecular weight excluding hydrogens is 218 g/mol. The van der Waals surface area contributed by atoms with Crippen LogP contribution < -0.4 is 5.32 Å². The molecule has 0 aromatic rings. The number of amides is 1. The van der Waals surface area contributed by atoms with Crippen molar-refractivity contribution in [3.05, 3.63) is 0 Å². The van der Waals surface area contributed by atoms with Crippen molar-refractivity contribution in [1.29, 1.82) is 0 Å². The molecule has 0 unspecified atom stereocenters. The quantitative estimate of drug-likeness (QED) is 0.750. The van der Waals surface area contributed by atoms with Crippen LogP contribution in [0.4, 0.5) is 0 Å². The largest absolute Gasteiger partial charge is 0.481 e.